The summed E-state index contributed by atoms with van der Waals surface area (Å²) in [6, 6.07) is 13.1. The van der Waals surface area contributed by atoms with Gasteiger partial charge in [0, 0.05) is 35.9 Å². The average Bonchev–Trinajstić information content (AvgIpc) is 2.85. The summed E-state index contributed by atoms with van der Waals surface area (Å²) in [5.41, 5.74) is 9.39. The summed E-state index contributed by atoms with van der Waals surface area (Å²) in [6.45, 7) is 9.62. The number of rotatable bonds is 4. The zero-order valence-corrected chi connectivity index (χ0v) is 20.6. The van der Waals surface area contributed by atoms with Gasteiger partial charge in [-0.15, -0.1) is 0 Å². The number of ether oxygens (including phenoxy) is 1. The highest BCUT2D eigenvalue weighted by Crippen LogP contribution is 2.43. The van der Waals surface area contributed by atoms with Gasteiger partial charge < -0.3 is 24.8 Å². The Labute approximate surface area is 207 Å². The van der Waals surface area contributed by atoms with Crippen LogP contribution < -0.4 is 26.6 Å². The molecule has 3 N–H and O–H groups in total. The minimum absolute atomic E-state index is 0.0115. The number of nitrogens with zero attached hydrogens (tertiary/aromatic N) is 2. The molecule has 1 aliphatic heterocycles. The Morgan fingerprint density at radius 1 is 1.08 bits per heavy atom. The van der Waals surface area contributed by atoms with Crippen molar-refractivity contribution in [2.75, 3.05) is 18.0 Å². The summed E-state index contributed by atoms with van der Waals surface area (Å²) in [7, 11) is 0. The van der Waals surface area contributed by atoms with E-state index in [1.165, 1.54) is 0 Å². The number of aryl methyl sites for hydroxylation is 2. The summed E-state index contributed by atoms with van der Waals surface area (Å²) in [4.78, 5) is 31.7. The Bertz CT molecular complexity index is 1740. The first kappa shape index (κ1) is 23.2. The van der Waals surface area contributed by atoms with E-state index in [0.29, 0.717) is 16.5 Å². The molecular formula is C28H26N4O4. The molecule has 0 aliphatic carbocycles. The lowest BCUT2D eigenvalue weighted by molar-refractivity contribution is 0.388. The standard InChI is InChI=1S/C28H26N4O4/c1-5-32(6-2)17-7-8-18-22(12-17)35-28(34)24-23(20(13-29)26(30)36-25(18)24)19-11-16-9-14(3)15(4)10-21(16)31-27(19)33/h7-12,23H,5-6,30H2,1-4H3,(H,31,33). The van der Waals surface area contributed by atoms with Crippen LogP contribution in [0.2, 0.25) is 0 Å². The monoisotopic (exact) mass is 482 g/mol. The van der Waals surface area contributed by atoms with Crippen LogP contribution in [0.1, 0.15) is 42.0 Å². The van der Waals surface area contributed by atoms with Gasteiger partial charge in [0.25, 0.3) is 5.56 Å². The minimum atomic E-state index is -1.03. The van der Waals surface area contributed by atoms with Gasteiger partial charge in [0.15, 0.2) is 5.75 Å². The summed E-state index contributed by atoms with van der Waals surface area (Å²) < 4.78 is 11.6. The number of aromatic amines is 1. The fraction of sp³-hybridized carbons (Fsp3) is 0.250. The van der Waals surface area contributed by atoms with Crippen molar-refractivity contribution in [3.63, 3.8) is 0 Å². The molecule has 3 heterocycles. The highest BCUT2D eigenvalue weighted by Gasteiger charge is 2.37. The second-order valence-corrected chi connectivity index (χ2v) is 8.99. The maximum Gasteiger partial charge on any atom is 0.344 e. The van der Waals surface area contributed by atoms with Crippen molar-refractivity contribution >= 4 is 27.6 Å². The molecule has 0 amide bonds. The van der Waals surface area contributed by atoms with Gasteiger partial charge in [-0.1, -0.05) is 0 Å². The molecule has 4 aromatic rings. The lowest BCUT2D eigenvalue weighted by atomic mass is 9.84. The lowest BCUT2D eigenvalue weighted by Gasteiger charge is -2.26. The Morgan fingerprint density at radius 3 is 2.50 bits per heavy atom. The summed E-state index contributed by atoms with van der Waals surface area (Å²) in [5, 5.41) is 11.3. The van der Waals surface area contributed by atoms with Crippen molar-refractivity contribution in [1.29, 1.82) is 5.26 Å². The highest BCUT2D eigenvalue weighted by molar-refractivity contribution is 5.89. The molecule has 2 aromatic heterocycles. The van der Waals surface area contributed by atoms with E-state index in [0.717, 1.165) is 35.3 Å². The highest BCUT2D eigenvalue weighted by atomic mass is 16.5. The van der Waals surface area contributed by atoms with E-state index in [2.05, 4.69) is 9.88 Å². The van der Waals surface area contributed by atoms with Gasteiger partial charge >= 0.3 is 5.63 Å². The molecular weight excluding hydrogens is 456 g/mol. The largest absolute Gasteiger partial charge is 0.439 e. The topological polar surface area (TPSA) is 125 Å². The van der Waals surface area contributed by atoms with Crippen molar-refractivity contribution in [3.8, 4) is 11.8 Å². The SMILES string of the molecule is CCN(CC)c1ccc2c3c(c(=O)oc2c1)C(c1cc2cc(C)c(C)cc2[nH]c1=O)C(C#N)=C(N)O3. The number of allylic oxidation sites excluding steroid dienone is 1. The molecule has 2 aromatic carbocycles. The van der Waals surface area contributed by atoms with Crippen LogP contribution in [0, 0.1) is 25.2 Å². The van der Waals surface area contributed by atoms with Crippen molar-refractivity contribution in [3.05, 3.63) is 90.9 Å². The van der Waals surface area contributed by atoms with Gasteiger partial charge in [-0.05, 0) is 74.5 Å². The lowest BCUT2D eigenvalue weighted by Crippen LogP contribution is -2.29. The number of nitrogens with one attached hydrogen (secondary N) is 1. The Kier molecular flexibility index (Phi) is 5.56. The molecule has 0 bridgehead atoms. The van der Waals surface area contributed by atoms with E-state index in [-0.39, 0.29) is 28.3 Å². The summed E-state index contributed by atoms with van der Waals surface area (Å²) in [6.07, 6.45) is 0. The van der Waals surface area contributed by atoms with Crippen LogP contribution in [0.25, 0.3) is 21.9 Å². The molecule has 182 valence electrons. The molecule has 8 nitrogen and oxygen atoms in total. The zero-order valence-electron chi connectivity index (χ0n) is 20.6. The molecule has 0 spiro atoms. The van der Waals surface area contributed by atoms with Crippen LogP contribution in [0.4, 0.5) is 5.69 Å². The molecule has 1 atom stereocenters. The third kappa shape index (κ3) is 3.52. The van der Waals surface area contributed by atoms with E-state index < -0.39 is 17.1 Å². The minimum Gasteiger partial charge on any atom is -0.439 e. The predicted molar refractivity (Wildman–Crippen MR) is 139 cm³/mol. The number of hydrogen-bond acceptors (Lipinski definition) is 7. The van der Waals surface area contributed by atoms with Crippen molar-refractivity contribution < 1.29 is 9.15 Å². The molecule has 0 saturated carbocycles. The van der Waals surface area contributed by atoms with E-state index in [1.54, 1.807) is 12.1 Å². The van der Waals surface area contributed by atoms with Gasteiger partial charge in [0.05, 0.1) is 16.9 Å². The Hall–Kier alpha value is -4.51. The first-order chi connectivity index (χ1) is 17.3. The molecule has 1 unspecified atom stereocenters. The molecule has 5 rings (SSSR count). The van der Waals surface area contributed by atoms with E-state index in [4.69, 9.17) is 14.9 Å². The average molecular weight is 483 g/mol. The number of pyridine rings is 1. The van der Waals surface area contributed by atoms with Crippen LogP contribution in [0.15, 0.2) is 61.9 Å². The van der Waals surface area contributed by atoms with E-state index in [9.17, 15) is 14.9 Å². The number of anilines is 1. The summed E-state index contributed by atoms with van der Waals surface area (Å²) in [5.74, 6) is -0.973. The van der Waals surface area contributed by atoms with Crippen molar-refractivity contribution in [2.24, 2.45) is 5.73 Å². The van der Waals surface area contributed by atoms with Crippen LogP contribution in [0.5, 0.6) is 5.75 Å². The van der Waals surface area contributed by atoms with E-state index >= 15 is 0 Å². The second kappa shape index (κ2) is 8.61. The number of aromatic nitrogens is 1. The van der Waals surface area contributed by atoms with Gasteiger partial charge in [0.2, 0.25) is 5.88 Å². The Morgan fingerprint density at radius 2 is 1.81 bits per heavy atom. The quantitative estimate of drug-likeness (QED) is 0.415. The molecule has 8 heteroatoms. The third-order valence-corrected chi connectivity index (χ3v) is 6.98. The maximum atomic E-state index is 13.4. The first-order valence-electron chi connectivity index (χ1n) is 11.8. The first-order valence-corrected chi connectivity index (χ1v) is 11.8. The van der Waals surface area contributed by atoms with Crippen molar-refractivity contribution in [1.82, 2.24) is 4.98 Å². The number of nitriles is 1. The Balaban J connectivity index is 1.79. The van der Waals surface area contributed by atoms with Crippen LogP contribution in [-0.4, -0.2) is 18.1 Å². The fourth-order valence-electron chi connectivity index (χ4n) is 4.91. The van der Waals surface area contributed by atoms with Crippen LogP contribution in [0.3, 0.4) is 0 Å². The molecule has 1 aliphatic rings. The smallest absolute Gasteiger partial charge is 0.344 e. The number of fused-ring (bicyclic) bond motifs is 4. The molecule has 36 heavy (non-hydrogen) atoms. The zero-order chi connectivity index (χ0) is 25.7. The third-order valence-electron chi connectivity index (χ3n) is 6.98. The number of hydrogen-bond donors (Lipinski definition) is 2. The molecule has 0 fully saturated rings. The number of nitrogens with two attached hydrogens (primary N) is 1. The summed E-state index contributed by atoms with van der Waals surface area (Å²) >= 11 is 0. The van der Waals surface area contributed by atoms with Crippen molar-refractivity contribution in [2.45, 2.75) is 33.6 Å². The normalized spacial score (nSPS) is 15.0. The predicted octanol–water partition coefficient (Wildman–Crippen LogP) is 4.32. The maximum absolute atomic E-state index is 13.4. The van der Waals surface area contributed by atoms with Crippen LogP contribution >= 0.6 is 0 Å². The van der Waals surface area contributed by atoms with Crippen LogP contribution in [-0.2, 0) is 0 Å². The van der Waals surface area contributed by atoms with Gasteiger partial charge in [-0.3, -0.25) is 4.79 Å². The van der Waals surface area contributed by atoms with Gasteiger partial charge in [0.1, 0.15) is 17.2 Å². The van der Waals surface area contributed by atoms with Gasteiger partial charge in [-0.2, -0.15) is 5.26 Å². The number of benzene rings is 2. The molecule has 0 radical (unpaired) electrons. The fourth-order valence-corrected chi connectivity index (χ4v) is 4.91. The molecule has 0 saturated heterocycles. The van der Waals surface area contributed by atoms with E-state index in [1.807, 2.05) is 58.0 Å². The number of H-pyrrole nitrogens is 1. The second-order valence-electron chi connectivity index (χ2n) is 8.99. The van der Waals surface area contributed by atoms with Gasteiger partial charge in [-0.25, -0.2) is 4.79 Å².